The van der Waals surface area contributed by atoms with Crippen LogP contribution in [0.15, 0.2) is 11.4 Å². The van der Waals surface area contributed by atoms with Crippen LogP contribution in [0.1, 0.15) is 43.6 Å². The third-order valence-corrected chi connectivity index (χ3v) is 5.03. The molecule has 0 spiro atoms. The van der Waals surface area contributed by atoms with Crippen LogP contribution in [-0.2, 0) is 11.3 Å². The van der Waals surface area contributed by atoms with E-state index in [1.165, 1.54) is 0 Å². The molecule has 114 valence electrons. The van der Waals surface area contributed by atoms with Gasteiger partial charge in [-0.15, -0.1) is 11.3 Å². The summed E-state index contributed by atoms with van der Waals surface area (Å²) in [6.07, 6.45) is 2.79. The van der Waals surface area contributed by atoms with Gasteiger partial charge < -0.3 is 10.0 Å². The van der Waals surface area contributed by atoms with Crippen LogP contribution >= 0.6 is 11.3 Å². The van der Waals surface area contributed by atoms with Crippen LogP contribution in [0.2, 0.25) is 0 Å². The average molecular weight is 305 g/mol. The number of nitrogens with zero attached hydrogens (tertiary/aromatic N) is 1. The number of likely N-dealkylation sites (tertiary alicyclic amines) is 1. The lowest BCUT2D eigenvalue weighted by Crippen LogP contribution is -2.29. The van der Waals surface area contributed by atoms with Gasteiger partial charge in [0.25, 0.3) is 0 Å². The molecule has 0 saturated carbocycles. The first-order chi connectivity index (χ1) is 10.1. The molecule has 1 fully saturated rings. The lowest BCUT2D eigenvalue weighted by molar-refractivity contribution is -0.131. The van der Waals surface area contributed by atoms with Crippen molar-refractivity contribution < 1.29 is 9.90 Å². The maximum absolute atomic E-state index is 12.2. The number of aliphatic hydroxyl groups is 1. The van der Waals surface area contributed by atoms with Crippen LogP contribution in [0.25, 0.3) is 0 Å². The highest BCUT2D eigenvalue weighted by molar-refractivity contribution is 7.10. The predicted octanol–water partition coefficient (Wildman–Crippen LogP) is 2.88. The van der Waals surface area contributed by atoms with Crippen molar-refractivity contribution in [2.75, 3.05) is 13.2 Å². The van der Waals surface area contributed by atoms with Crippen LogP contribution < -0.4 is 0 Å². The van der Waals surface area contributed by atoms with Crippen molar-refractivity contribution >= 4 is 17.2 Å². The minimum absolute atomic E-state index is 0.119. The SMILES string of the molecule is CC(C)C1CCC(=O)N(Cc2cc(C#CCO)cs2)CC1. The zero-order chi connectivity index (χ0) is 15.2. The van der Waals surface area contributed by atoms with Crippen LogP contribution in [0, 0.1) is 23.7 Å². The molecule has 1 aromatic rings. The summed E-state index contributed by atoms with van der Waals surface area (Å²) in [5, 5.41) is 10.7. The number of rotatable bonds is 3. The Morgan fingerprint density at radius 1 is 1.48 bits per heavy atom. The summed E-state index contributed by atoms with van der Waals surface area (Å²) in [6.45, 7) is 5.92. The summed E-state index contributed by atoms with van der Waals surface area (Å²) in [5.41, 5.74) is 0.923. The summed E-state index contributed by atoms with van der Waals surface area (Å²) in [5.74, 6) is 7.14. The molecule has 21 heavy (non-hydrogen) atoms. The van der Waals surface area contributed by atoms with Crippen molar-refractivity contribution in [3.63, 3.8) is 0 Å². The van der Waals surface area contributed by atoms with E-state index in [9.17, 15) is 4.79 Å². The standard InChI is InChI=1S/C17H23NO2S/c1-13(2)15-5-6-17(20)18(8-7-15)11-16-10-14(12-21-16)4-3-9-19/h10,12-13,15,19H,5-9,11H2,1-2H3. The van der Waals surface area contributed by atoms with Crippen molar-refractivity contribution in [1.82, 2.24) is 4.90 Å². The van der Waals surface area contributed by atoms with Crippen molar-refractivity contribution in [1.29, 1.82) is 0 Å². The summed E-state index contributed by atoms with van der Waals surface area (Å²) >= 11 is 1.63. The van der Waals surface area contributed by atoms with Crippen LogP contribution in [0.5, 0.6) is 0 Å². The smallest absolute Gasteiger partial charge is 0.222 e. The maximum Gasteiger partial charge on any atom is 0.222 e. The first kappa shape index (κ1) is 16.1. The van der Waals surface area contributed by atoms with Crippen molar-refractivity contribution in [2.24, 2.45) is 11.8 Å². The molecule has 0 bridgehead atoms. The second-order valence-corrected chi connectivity index (χ2v) is 6.90. The van der Waals surface area contributed by atoms with E-state index in [0.717, 1.165) is 29.8 Å². The Labute approximate surface area is 131 Å². The Hall–Kier alpha value is -1.31. The highest BCUT2D eigenvalue weighted by atomic mass is 32.1. The normalized spacial score (nSPS) is 19.3. The van der Waals surface area contributed by atoms with E-state index < -0.39 is 0 Å². The lowest BCUT2D eigenvalue weighted by atomic mass is 9.89. The molecule has 1 N–H and O–H groups in total. The number of carbonyl (C=O) groups is 1. The molecule has 1 unspecified atom stereocenters. The van der Waals surface area contributed by atoms with Crippen molar-refractivity contribution in [2.45, 2.75) is 39.7 Å². The van der Waals surface area contributed by atoms with Gasteiger partial charge >= 0.3 is 0 Å². The minimum atomic E-state index is -0.119. The molecule has 1 atom stereocenters. The van der Waals surface area contributed by atoms with E-state index >= 15 is 0 Å². The predicted molar refractivity (Wildman–Crippen MR) is 85.9 cm³/mol. The summed E-state index contributed by atoms with van der Waals surface area (Å²) < 4.78 is 0. The van der Waals surface area contributed by atoms with Crippen molar-refractivity contribution in [3.05, 3.63) is 21.9 Å². The molecule has 1 saturated heterocycles. The highest BCUT2D eigenvalue weighted by Crippen LogP contribution is 2.26. The summed E-state index contributed by atoms with van der Waals surface area (Å²) in [7, 11) is 0. The number of hydrogen-bond acceptors (Lipinski definition) is 3. The van der Waals surface area contributed by atoms with Gasteiger partial charge in [-0.25, -0.2) is 0 Å². The Morgan fingerprint density at radius 2 is 2.29 bits per heavy atom. The zero-order valence-electron chi connectivity index (χ0n) is 12.8. The minimum Gasteiger partial charge on any atom is -0.384 e. The monoisotopic (exact) mass is 305 g/mol. The number of carbonyl (C=O) groups excluding carboxylic acids is 1. The molecule has 1 aliphatic heterocycles. The molecule has 1 aliphatic rings. The molecular weight excluding hydrogens is 282 g/mol. The molecule has 4 heteroatoms. The van der Waals surface area contributed by atoms with Gasteiger partial charge in [-0.1, -0.05) is 25.7 Å². The third kappa shape index (κ3) is 4.59. The van der Waals surface area contributed by atoms with Gasteiger partial charge in [0.1, 0.15) is 6.61 Å². The first-order valence-electron chi connectivity index (χ1n) is 7.55. The van der Waals surface area contributed by atoms with Gasteiger partial charge in [0.05, 0.1) is 6.54 Å². The van der Waals surface area contributed by atoms with E-state index in [4.69, 9.17) is 5.11 Å². The average Bonchev–Trinajstić information content (AvgIpc) is 2.82. The number of aliphatic hydroxyl groups excluding tert-OH is 1. The number of amides is 1. The lowest BCUT2D eigenvalue weighted by Gasteiger charge is -2.21. The Kier molecular flexibility index (Phi) is 5.84. The summed E-state index contributed by atoms with van der Waals surface area (Å²) in [4.78, 5) is 15.4. The van der Waals surface area contributed by atoms with Gasteiger partial charge in [0, 0.05) is 28.8 Å². The van der Waals surface area contributed by atoms with E-state index in [-0.39, 0.29) is 12.5 Å². The van der Waals surface area contributed by atoms with E-state index in [2.05, 4.69) is 25.7 Å². The van der Waals surface area contributed by atoms with Crippen LogP contribution in [0.4, 0.5) is 0 Å². The van der Waals surface area contributed by atoms with Crippen molar-refractivity contribution in [3.8, 4) is 11.8 Å². The molecular formula is C17H23NO2S. The fraction of sp³-hybridized carbons (Fsp3) is 0.588. The Morgan fingerprint density at radius 3 is 3.00 bits per heavy atom. The molecule has 0 aromatic carbocycles. The van der Waals surface area contributed by atoms with E-state index in [0.29, 0.717) is 24.8 Å². The summed E-state index contributed by atoms with van der Waals surface area (Å²) in [6, 6.07) is 2.02. The van der Waals surface area contributed by atoms with E-state index in [1.807, 2.05) is 16.3 Å². The topological polar surface area (TPSA) is 40.5 Å². The van der Waals surface area contributed by atoms with Gasteiger partial charge in [-0.05, 0) is 30.7 Å². The quantitative estimate of drug-likeness (QED) is 0.872. The second-order valence-electron chi connectivity index (χ2n) is 5.91. The molecule has 1 amide bonds. The van der Waals surface area contributed by atoms with Gasteiger partial charge in [0.2, 0.25) is 5.91 Å². The molecule has 2 rings (SSSR count). The Bertz CT molecular complexity index is 538. The molecule has 1 aromatic heterocycles. The molecule has 3 nitrogen and oxygen atoms in total. The van der Waals surface area contributed by atoms with Gasteiger partial charge in [-0.3, -0.25) is 4.79 Å². The fourth-order valence-electron chi connectivity index (χ4n) is 2.75. The van der Waals surface area contributed by atoms with Gasteiger partial charge in [-0.2, -0.15) is 0 Å². The molecule has 2 heterocycles. The first-order valence-corrected chi connectivity index (χ1v) is 8.43. The maximum atomic E-state index is 12.2. The largest absolute Gasteiger partial charge is 0.384 e. The zero-order valence-corrected chi connectivity index (χ0v) is 13.6. The van der Waals surface area contributed by atoms with E-state index in [1.54, 1.807) is 11.3 Å². The third-order valence-electron chi connectivity index (χ3n) is 4.11. The van der Waals surface area contributed by atoms with Crippen LogP contribution in [0.3, 0.4) is 0 Å². The number of thiophene rings is 1. The van der Waals surface area contributed by atoms with Gasteiger partial charge in [0.15, 0.2) is 0 Å². The van der Waals surface area contributed by atoms with Crippen LogP contribution in [-0.4, -0.2) is 29.1 Å². The fourth-order valence-corrected chi connectivity index (χ4v) is 3.58. The second kappa shape index (κ2) is 7.63. The Balaban J connectivity index is 1.98. The number of hydrogen-bond donors (Lipinski definition) is 1. The highest BCUT2D eigenvalue weighted by Gasteiger charge is 2.24. The molecule has 0 radical (unpaired) electrons. The molecule has 0 aliphatic carbocycles.